The Morgan fingerprint density at radius 2 is 0.676 bits per heavy atom. The van der Waals surface area contributed by atoms with Crippen molar-refractivity contribution in [2.75, 3.05) is 0 Å². The first-order valence-electron chi connectivity index (χ1n) is 10.9. The van der Waals surface area contributed by atoms with Crippen LogP contribution in [0.2, 0.25) is 0 Å². The molecule has 0 spiro atoms. The van der Waals surface area contributed by atoms with Crippen molar-refractivity contribution in [3.05, 3.63) is 144 Å². The lowest BCUT2D eigenvalue weighted by molar-refractivity contribution is 0.144. The summed E-state index contributed by atoms with van der Waals surface area (Å²) in [7, 11) is 0. The van der Waals surface area contributed by atoms with E-state index >= 15 is 0 Å². The zero-order valence-corrected chi connectivity index (χ0v) is 18.5. The maximum atomic E-state index is 11.5. The van der Waals surface area contributed by atoms with Crippen LogP contribution in [-0.2, 0) is 11.2 Å². The topological polar surface area (TPSA) is 60.7 Å². The zero-order valence-electron chi connectivity index (χ0n) is 18.5. The molecule has 4 rings (SSSR count). The van der Waals surface area contributed by atoms with Crippen LogP contribution in [0.15, 0.2) is 121 Å². The summed E-state index contributed by atoms with van der Waals surface area (Å²) >= 11 is 0. The molecule has 4 aromatic rings. The Morgan fingerprint density at radius 3 is 0.912 bits per heavy atom. The van der Waals surface area contributed by atoms with Gasteiger partial charge in [-0.25, -0.2) is 0 Å². The minimum atomic E-state index is -1.62. The fourth-order valence-corrected chi connectivity index (χ4v) is 3.72. The van der Waals surface area contributed by atoms with E-state index in [1.165, 1.54) is 0 Å². The summed E-state index contributed by atoms with van der Waals surface area (Å²) in [6, 6.07) is 36.2. The molecule has 0 aromatic heterocycles. The van der Waals surface area contributed by atoms with Crippen LogP contribution in [-0.4, -0.2) is 21.4 Å². The normalized spacial score (nSPS) is 11.2. The van der Waals surface area contributed by atoms with Crippen LogP contribution in [0, 0.1) is 23.7 Å². The predicted octanol–water partition coefficient (Wildman–Crippen LogP) is 4.23. The third-order valence-electron chi connectivity index (χ3n) is 5.55. The van der Waals surface area contributed by atoms with E-state index in [4.69, 9.17) is 0 Å². The summed E-state index contributed by atoms with van der Waals surface area (Å²) in [5.41, 5.74) is -0.920. The van der Waals surface area contributed by atoms with Gasteiger partial charge in [-0.1, -0.05) is 145 Å². The predicted molar refractivity (Wildman–Crippen MR) is 133 cm³/mol. The van der Waals surface area contributed by atoms with Crippen LogP contribution >= 0.6 is 0 Å². The fourth-order valence-electron chi connectivity index (χ4n) is 3.72. The lowest BCUT2D eigenvalue weighted by atomic mass is 9.86. The lowest BCUT2D eigenvalue weighted by Gasteiger charge is -2.24. The molecule has 0 radical (unpaired) electrons. The van der Waals surface area contributed by atoms with Gasteiger partial charge < -0.3 is 15.3 Å². The number of rotatable bonds is 4. The standard InChI is InChI=1S/C31H24O3/c32-29(21-23-30(33,25-13-5-1-6-14-25)26-15-7-2-8-16-26)22-24-31(34,27-17-9-3-10-18-27)28-19-11-4-12-20-28/h1-20,29,32-34H. The Balaban J connectivity index is 1.72. The summed E-state index contributed by atoms with van der Waals surface area (Å²) in [5, 5.41) is 33.6. The molecule has 0 saturated carbocycles. The Kier molecular flexibility index (Phi) is 6.93. The number of hydrogen-bond acceptors (Lipinski definition) is 3. The van der Waals surface area contributed by atoms with Crippen molar-refractivity contribution in [3.8, 4) is 23.7 Å². The van der Waals surface area contributed by atoms with Crippen molar-refractivity contribution in [1.29, 1.82) is 0 Å². The van der Waals surface area contributed by atoms with E-state index in [1.54, 1.807) is 48.5 Å². The second kappa shape index (κ2) is 10.2. The summed E-state index contributed by atoms with van der Waals surface area (Å²) in [6.07, 6.45) is -1.39. The largest absolute Gasteiger partial charge is 0.369 e. The molecule has 0 saturated heterocycles. The second-order valence-electron chi connectivity index (χ2n) is 7.83. The Hall–Kier alpha value is -4.12. The summed E-state index contributed by atoms with van der Waals surface area (Å²) < 4.78 is 0. The fraction of sp³-hybridized carbons (Fsp3) is 0.0968. The Morgan fingerprint density at radius 1 is 0.441 bits per heavy atom. The first-order valence-corrected chi connectivity index (χ1v) is 10.9. The SMILES string of the molecule is OC(C#CC(O)(c1ccccc1)c1ccccc1)C#CC(O)(c1ccccc1)c1ccccc1. The number of aliphatic hydroxyl groups is 3. The van der Waals surface area contributed by atoms with Gasteiger partial charge in [0.05, 0.1) is 0 Å². The minimum Gasteiger partial charge on any atom is -0.369 e. The third-order valence-corrected chi connectivity index (χ3v) is 5.55. The van der Waals surface area contributed by atoms with Crippen molar-refractivity contribution in [1.82, 2.24) is 0 Å². The van der Waals surface area contributed by atoms with Crippen molar-refractivity contribution >= 4 is 0 Å². The van der Waals surface area contributed by atoms with Gasteiger partial charge in [-0.3, -0.25) is 0 Å². The van der Waals surface area contributed by atoms with Crippen LogP contribution in [0.3, 0.4) is 0 Å². The Bertz CT molecular complexity index is 1140. The molecule has 34 heavy (non-hydrogen) atoms. The smallest absolute Gasteiger partial charge is 0.177 e. The van der Waals surface area contributed by atoms with Crippen LogP contribution < -0.4 is 0 Å². The maximum Gasteiger partial charge on any atom is 0.177 e. The van der Waals surface area contributed by atoms with Gasteiger partial charge in [-0.15, -0.1) is 0 Å². The number of benzene rings is 4. The molecule has 0 amide bonds. The average molecular weight is 445 g/mol. The molecule has 4 aromatic carbocycles. The number of aliphatic hydroxyl groups excluding tert-OH is 1. The molecule has 0 unspecified atom stereocenters. The monoisotopic (exact) mass is 444 g/mol. The highest BCUT2D eigenvalue weighted by Gasteiger charge is 2.30. The van der Waals surface area contributed by atoms with Gasteiger partial charge in [0.15, 0.2) is 17.3 Å². The van der Waals surface area contributed by atoms with Gasteiger partial charge in [0, 0.05) is 22.3 Å². The summed E-state index contributed by atoms with van der Waals surface area (Å²) in [6.45, 7) is 0. The van der Waals surface area contributed by atoms with Gasteiger partial charge in [-0.2, -0.15) is 0 Å². The molecule has 0 aliphatic rings. The maximum absolute atomic E-state index is 11.5. The Labute approximate surface area is 200 Å². The van der Waals surface area contributed by atoms with Gasteiger partial charge in [-0.05, 0) is 0 Å². The molecule has 3 heteroatoms. The molecule has 3 nitrogen and oxygen atoms in total. The quantitative estimate of drug-likeness (QED) is 0.413. The van der Waals surface area contributed by atoms with E-state index in [1.807, 2.05) is 72.8 Å². The third kappa shape index (κ3) is 4.94. The van der Waals surface area contributed by atoms with Crippen molar-refractivity contribution in [2.24, 2.45) is 0 Å². The average Bonchev–Trinajstić information content (AvgIpc) is 2.92. The highest BCUT2D eigenvalue weighted by molar-refractivity contribution is 5.47. The lowest BCUT2D eigenvalue weighted by Crippen LogP contribution is -2.26. The van der Waals surface area contributed by atoms with Crippen molar-refractivity contribution in [2.45, 2.75) is 17.3 Å². The molecule has 0 aliphatic carbocycles. The number of hydrogen-bond donors (Lipinski definition) is 3. The van der Waals surface area contributed by atoms with Crippen LogP contribution in [0.5, 0.6) is 0 Å². The first kappa shape index (κ1) is 23.1. The zero-order chi connectivity index (χ0) is 23.9. The summed E-state index contributed by atoms with van der Waals surface area (Å²) in [4.78, 5) is 0. The van der Waals surface area contributed by atoms with E-state index in [0.29, 0.717) is 22.3 Å². The first-order chi connectivity index (χ1) is 16.5. The second-order valence-corrected chi connectivity index (χ2v) is 7.83. The summed E-state index contributed by atoms with van der Waals surface area (Å²) in [5.74, 6) is 11.0. The van der Waals surface area contributed by atoms with E-state index in [9.17, 15) is 15.3 Å². The highest BCUT2D eigenvalue weighted by Crippen LogP contribution is 2.30. The van der Waals surface area contributed by atoms with Gasteiger partial charge in [0.1, 0.15) is 0 Å². The molecule has 0 bridgehead atoms. The van der Waals surface area contributed by atoms with Crippen molar-refractivity contribution in [3.63, 3.8) is 0 Å². The molecule has 166 valence electrons. The highest BCUT2D eigenvalue weighted by atomic mass is 16.3. The van der Waals surface area contributed by atoms with Gasteiger partial charge >= 0.3 is 0 Å². The van der Waals surface area contributed by atoms with E-state index in [-0.39, 0.29) is 0 Å². The van der Waals surface area contributed by atoms with Crippen LogP contribution in [0.4, 0.5) is 0 Å². The molecule has 0 heterocycles. The van der Waals surface area contributed by atoms with Crippen LogP contribution in [0.1, 0.15) is 22.3 Å². The van der Waals surface area contributed by atoms with Crippen LogP contribution in [0.25, 0.3) is 0 Å². The minimum absolute atomic E-state index is 0.582. The van der Waals surface area contributed by atoms with E-state index in [2.05, 4.69) is 23.7 Å². The molecular weight excluding hydrogens is 420 g/mol. The molecule has 3 N–H and O–H groups in total. The molecule has 0 atom stereocenters. The molecule has 0 aliphatic heterocycles. The molecular formula is C31H24O3. The molecule has 0 fully saturated rings. The van der Waals surface area contributed by atoms with Gasteiger partial charge in [0.2, 0.25) is 0 Å². The van der Waals surface area contributed by atoms with Crippen molar-refractivity contribution < 1.29 is 15.3 Å². The van der Waals surface area contributed by atoms with Gasteiger partial charge in [0.25, 0.3) is 0 Å². The van der Waals surface area contributed by atoms with E-state index in [0.717, 1.165) is 0 Å². The van der Waals surface area contributed by atoms with E-state index < -0.39 is 17.3 Å².